The molecule has 1 saturated carbocycles. The van der Waals surface area contributed by atoms with Gasteiger partial charge < -0.3 is 20.7 Å². The van der Waals surface area contributed by atoms with E-state index in [0.717, 1.165) is 0 Å². The number of nitrogens with zero attached hydrogens (tertiary/aromatic N) is 1. The Labute approximate surface area is 140 Å². The van der Waals surface area contributed by atoms with Crippen LogP contribution in [0.1, 0.15) is 32.6 Å². The predicted molar refractivity (Wildman–Crippen MR) is 85.8 cm³/mol. The predicted octanol–water partition coefficient (Wildman–Crippen LogP) is 1.43. The van der Waals surface area contributed by atoms with Crippen molar-refractivity contribution in [3.8, 4) is 0 Å². The van der Waals surface area contributed by atoms with Crippen molar-refractivity contribution in [1.29, 1.82) is 0 Å². The first-order chi connectivity index (χ1) is 11.4. The Morgan fingerprint density at radius 2 is 1.88 bits per heavy atom. The summed E-state index contributed by atoms with van der Waals surface area (Å²) in [5.41, 5.74) is 0. The number of nitrogens with one attached hydrogen (secondary N) is 3. The molecule has 0 saturated heterocycles. The van der Waals surface area contributed by atoms with Gasteiger partial charge in [-0.15, -0.1) is 0 Å². The normalized spacial score (nSPS) is 22.1. The maximum atomic E-state index is 12.7. The molecule has 0 aliphatic heterocycles. The lowest BCUT2D eigenvalue weighted by molar-refractivity contribution is -0.182. The first-order valence-electron chi connectivity index (χ1n) is 8.24. The van der Waals surface area contributed by atoms with Crippen LogP contribution >= 0.6 is 0 Å². The molecule has 0 spiro atoms. The Kier molecular flexibility index (Phi) is 8.88. The second-order valence-corrected chi connectivity index (χ2v) is 5.77. The van der Waals surface area contributed by atoms with Crippen LogP contribution in [0.3, 0.4) is 0 Å². The van der Waals surface area contributed by atoms with E-state index >= 15 is 0 Å². The van der Waals surface area contributed by atoms with Crippen LogP contribution < -0.4 is 16.0 Å². The van der Waals surface area contributed by atoms with Crippen molar-refractivity contribution in [3.05, 3.63) is 0 Å². The van der Waals surface area contributed by atoms with E-state index in [1.54, 1.807) is 7.11 Å². The Balaban J connectivity index is 2.43. The highest BCUT2D eigenvalue weighted by Gasteiger charge is 2.41. The van der Waals surface area contributed by atoms with Gasteiger partial charge in [-0.05, 0) is 32.6 Å². The molecule has 0 atom stereocenters. The largest absolute Gasteiger partial charge is 0.391 e. The number of hydrogen-bond donors (Lipinski definition) is 3. The van der Waals surface area contributed by atoms with Crippen LogP contribution in [0.5, 0.6) is 0 Å². The molecule has 0 bridgehead atoms. The summed E-state index contributed by atoms with van der Waals surface area (Å²) in [5.74, 6) is -0.985. The summed E-state index contributed by atoms with van der Waals surface area (Å²) < 4.78 is 42.9. The molecule has 1 fully saturated rings. The number of ether oxygens (including phenoxy) is 1. The average Bonchev–Trinajstić information content (AvgIpc) is 2.53. The molecule has 1 aliphatic rings. The molecule has 3 N–H and O–H groups in total. The van der Waals surface area contributed by atoms with Gasteiger partial charge in [0.05, 0.1) is 12.5 Å². The van der Waals surface area contributed by atoms with Crippen LogP contribution in [0.15, 0.2) is 4.99 Å². The van der Waals surface area contributed by atoms with Crippen LogP contribution in [0.4, 0.5) is 13.2 Å². The Morgan fingerprint density at radius 3 is 2.42 bits per heavy atom. The number of methoxy groups -OCH3 is 1. The van der Waals surface area contributed by atoms with Gasteiger partial charge in [-0.25, -0.2) is 4.99 Å². The number of hydrogen-bond acceptors (Lipinski definition) is 3. The van der Waals surface area contributed by atoms with Crippen molar-refractivity contribution in [3.63, 3.8) is 0 Å². The molecule has 0 aromatic heterocycles. The molecule has 1 aliphatic carbocycles. The summed E-state index contributed by atoms with van der Waals surface area (Å²) in [4.78, 5) is 15.8. The number of carbonyl (C=O) groups excluding carboxylic acids is 1. The third-order valence-corrected chi connectivity index (χ3v) is 3.88. The van der Waals surface area contributed by atoms with Crippen LogP contribution in [0.25, 0.3) is 0 Å². The van der Waals surface area contributed by atoms with Gasteiger partial charge in [-0.1, -0.05) is 0 Å². The second-order valence-electron chi connectivity index (χ2n) is 5.77. The summed E-state index contributed by atoms with van der Waals surface area (Å²) in [6.07, 6.45) is -2.98. The van der Waals surface area contributed by atoms with Gasteiger partial charge in [0, 0.05) is 26.2 Å². The lowest BCUT2D eigenvalue weighted by Crippen LogP contribution is -2.46. The van der Waals surface area contributed by atoms with Crippen LogP contribution in [0.2, 0.25) is 0 Å². The molecule has 9 heteroatoms. The number of rotatable bonds is 7. The van der Waals surface area contributed by atoms with Crippen molar-refractivity contribution in [1.82, 2.24) is 16.0 Å². The van der Waals surface area contributed by atoms with E-state index < -0.39 is 12.1 Å². The zero-order chi connectivity index (χ0) is 18.0. The van der Waals surface area contributed by atoms with E-state index in [9.17, 15) is 18.0 Å². The minimum absolute atomic E-state index is 0.0447. The number of guanidine groups is 1. The highest BCUT2D eigenvalue weighted by atomic mass is 19.4. The van der Waals surface area contributed by atoms with E-state index in [2.05, 4.69) is 20.9 Å². The van der Waals surface area contributed by atoms with E-state index in [1.807, 2.05) is 6.92 Å². The van der Waals surface area contributed by atoms with Crippen LogP contribution in [-0.4, -0.2) is 57.4 Å². The van der Waals surface area contributed by atoms with Gasteiger partial charge >= 0.3 is 6.18 Å². The fraction of sp³-hybridized carbons (Fsp3) is 0.867. The first-order valence-corrected chi connectivity index (χ1v) is 8.24. The Bertz CT molecular complexity index is 408. The van der Waals surface area contributed by atoms with Crippen molar-refractivity contribution in [2.24, 2.45) is 10.9 Å². The Morgan fingerprint density at radius 1 is 1.21 bits per heavy atom. The second kappa shape index (κ2) is 10.4. The lowest BCUT2D eigenvalue weighted by atomic mass is 9.85. The number of aliphatic imine (C=N–C) groups is 1. The van der Waals surface area contributed by atoms with Crippen LogP contribution in [0, 0.1) is 5.92 Å². The highest BCUT2D eigenvalue weighted by Crippen LogP contribution is 2.37. The van der Waals surface area contributed by atoms with Gasteiger partial charge in [0.1, 0.15) is 6.54 Å². The smallest absolute Gasteiger partial charge is 0.383 e. The minimum Gasteiger partial charge on any atom is -0.383 e. The summed E-state index contributed by atoms with van der Waals surface area (Å²) in [5, 5.41) is 8.78. The Hall–Kier alpha value is -1.51. The van der Waals surface area contributed by atoms with Gasteiger partial charge in [-0.2, -0.15) is 13.2 Å². The quantitative estimate of drug-likeness (QED) is 0.368. The molecule has 6 nitrogen and oxygen atoms in total. The number of alkyl halides is 3. The average molecular weight is 352 g/mol. The fourth-order valence-corrected chi connectivity index (χ4v) is 2.58. The molecule has 24 heavy (non-hydrogen) atoms. The van der Waals surface area contributed by atoms with E-state index in [1.165, 1.54) is 0 Å². The summed E-state index contributed by atoms with van der Waals surface area (Å²) in [7, 11) is 1.55. The van der Waals surface area contributed by atoms with Crippen molar-refractivity contribution in [2.75, 3.05) is 33.4 Å². The van der Waals surface area contributed by atoms with Gasteiger partial charge in [0.15, 0.2) is 5.96 Å². The van der Waals surface area contributed by atoms with Gasteiger partial charge in [0.25, 0.3) is 0 Å². The molecule has 0 aromatic rings. The first kappa shape index (κ1) is 20.5. The number of amides is 1. The zero-order valence-corrected chi connectivity index (χ0v) is 14.2. The highest BCUT2D eigenvalue weighted by molar-refractivity contribution is 5.85. The fourth-order valence-electron chi connectivity index (χ4n) is 2.58. The molecule has 1 amide bonds. The topological polar surface area (TPSA) is 74.8 Å². The van der Waals surface area contributed by atoms with Crippen molar-refractivity contribution < 1.29 is 22.7 Å². The van der Waals surface area contributed by atoms with Gasteiger partial charge in [-0.3, -0.25) is 4.79 Å². The monoisotopic (exact) mass is 352 g/mol. The zero-order valence-electron chi connectivity index (χ0n) is 14.2. The molecule has 0 heterocycles. The summed E-state index contributed by atoms with van der Waals surface area (Å²) in [6, 6.07) is -0.0575. The third-order valence-electron chi connectivity index (χ3n) is 3.88. The standard InChI is InChI=1S/C15H27F3N4O2/c1-3-19-14(21-10-13(23)20-8-9-24-2)22-12-6-4-11(5-7-12)15(16,17)18/h11-12H,3-10H2,1-2H3,(H,20,23)(H2,19,21,22). The molecule has 0 unspecified atom stereocenters. The molecular formula is C15H27F3N4O2. The van der Waals surface area contributed by atoms with Crippen LogP contribution in [-0.2, 0) is 9.53 Å². The third kappa shape index (κ3) is 7.85. The molecular weight excluding hydrogens is 325 g/mol. The molecule has 1 rings (SSSR count). The molecule has 140 valence electrons. The summed E-state index contributed by atoms with van der Waals surface area (Å²) in [6.45, 7) is 3.29. The maximum Gasteiger partial charge on any atom is 0.391 e. The molecule has 0 radical (unpaired) electrons. The number of carbonyl (C=O) groups is 1. The lowest BCUT2D eigenvalue weighted by Gasteiger charge is -2.31. The summed E-state index contributed by atoms with van der Waals surface area (Å²) >= 11 is 0. The minimum atomic E-state index is -4.11. The van der Waals surface area contributed by atoms with E-state index in [-0.39, 0.29) is 31.3 Å². The maximum absolute atomic E-state index is 12.7. The van der Waals surface area contributed by atoms with Crippen molar-refractivity contribution >= 4 is 11.9 Å². The number of halogens is 3. The van der Waals surface area contributed by atoms with Gasteiger partial charge in [0.2, 0.25) is 5.91 Å². The van der Waals surface area contributed by atoms with Crippen molar-refractivity contribution in [2.45, 2.75) is 44.8 Å². The SMILES string of the molecule is CCNC(=NCC(=O)NCCOC)NC1CCC(C(F)(F)F)CC1. The van der Waals surface area contributed by atoms with E-state index in [0.29, 0.717) is 38.5 Å². The molecule has 0 aromatic carbocycles. The van der Waals surface area contributed by atoms with E-state index in [4.69, 9.17) is 4.74 Å².